The summed E-state index contributed by atoms with van der Waals surface area (Å²) in [4.78, 5) is 0. The van der Waals surface area contributed by atoms with Gasteiger partial charge in [0.25, 0.3) is 0 Å². The Balaban J connectivity index is 2.31. The summed E-state index contributed by atoms with van der Waals surface area (Å²) in [5, 5.41) is 0. The Morgan fingerprint density at radius 1 is 1.17 bits per heavy atom. The zero-order chi connectivity index (χ0) is 4.62. The molecule has 1 saturated carbocycles. The van der Waals surface area contributed by atoms with Gasteiger partial charge in [-0.1, -0.05) is 20.3 Å². The second kappa shape index (κ2) is 0.988. The van der Waals surface area contributed by atoms with E-state index < -0.39 is 0 Å². The fraction of sp³-hybridized carbons (Fsp3) is 1.00. The quantitative estimate of drug-likeness (QED) is 0.422. The van der Waals surface area contributed by atoms with Crippen molar-refractivity contribution in [2.75, 3.05) is 0 Å². The summed E-state index contributed by atoms with van der Waals surface area (Å²) in [5.74, 6) is 0. The van der Waals surface area contributed by atoms with Crippen LogP contribution < -0.4 is 0 Å². The van der Waals surface area contributed by atoms with Crippen LogP contribution >= 0.6 is 0 Å². The maximum atomic E-state index is 2.33. The van der Waals surface area contributed by atoms with E-state index in [1.807, 2.05) is 0 Å². The van der Waals surface area contributed by atoms with Crippen LogP contribution in [0.4, 0.5) is 0 Å². The molecule has 1 rings (SSSR count). The largest absolute Gasteiger partial charge is 0.0599 e. The summed E-state index contributed by atoms with van der Waals surface area (Å²) < 4.78 is 0. The maximum Gasteiger partial charge on any atom is -0.0354 e. The van der Waals surface area contributed by atoms with Crippen molar-refractivity contribution in [2.24, 2.45) is 5.41 Å². The van der Waals surface area contributed by atoms with E-state index in [0.29, 0.717) is 0 Å². The van der Waals surface area contributed by atoms with E-state index in [2.05, 4.69) is 13.8 Å². The molecule has 0 radical (unpaired) electrons. The number of hydrogen-bond acceptors (Lipinski definition) is 0. The van der Waals surface area contributed by atoms with Crippen LogP contribution in [0.25, 0.3) is 0 Å². The summed E-state index contributed by atoms with van der Waals surface area (Å²) in [6.45, 7) is 4.66. The van der Waals surface area contributed by atoms with Crippen molar-refractivity contribution in [3.63, 3.8) is 0 Å². The third-order valence-corrected chi connectivity index (χ3v) is 1.71. The molecule has 0 saturated heterocycles. The molecule has 0 bridgehead atoms. The number of rotatable bonds is 0. The standard InChI is InChI=1S/C6H12/c1-6(2)4-3-5-6/h3-5H2,1-2H3. The molecule has 0 heterocycles. The summed E-state index contributed by atoms with van der Waals surface area (Å²) >= 11 is 0. The third kappa shape index (κ3) is 0.562. The minimum absolute atomic E-state index is 0.722. The van der Waals surface area contributed by atoms with E-state index in [1.54, 1.807) is 0 Å². The predicted molar refractivity (Wildman–Crippen MR) is 27.6 cm³/mol. The molecular formula is C6H12. The van der Waals surface area contributed by atoms with Gasteiger partial charge in [-0.15, -0.1) is 0 Å². The summed E-state index contributed by atoms with van der Waals surface area (Å²) in [6.07, 6.45) is 4.37. The second-order valence-electron chi connectivity index (χ2n) is 3.02. The molecular weight excluding hydrogens is 72.1 g/mol. The fourth-order valence-electron chi connectivity index (χ4n) is 0.884. The molecule has 0 aromatic rings. The Morgan fingerprint density at radius 2 is 1.50 bits per heavy atom. The average Bonchev–Trinajstić information content (AvgIpc) is 1.32. The Labute approximate surface area is 39.6 Å². The van der Waals surface area contributed by atoms with Crippen molar-refractivity contribution >= 4 is 0 Å². The molecule has 6 heavy (non-hydrogen) atoms. The lowest BCUT2D eigenvalue weighted by Crippen LogP contribution is -2.20. The first-order chi connectivity index (χ1) is 2.71. The van der Waals surface area contributed by atoms with E-state index in [-0.39, 0.29) is 0 Å². The Morgan fingerprint density at radius 3 is 1.50 bits per heavy atom. The lowest BCUT2D eigenvalue weighted by Gasteiger charge is -2.33. The average molecular weight is 84.2 g/mol. The highest BCUT2D eigenvalue weighted by Gasteiger charge is 2.24. The second-order valence-corrected chi connectivity index (χ2v) is 3.02. The van der Waals surface area contributed by atoms with Crippen LogP contribution in [0.3, 0.4) is 0 Å². The first kappa shape index (κ1) is 4.17. The van der Waals surface area contributed by atoms with Crippen molar-refractivity contribution in [1.29, 1.82) is 0 Å². The van der Waals surface area contributed by atoms with Gasteiger partial charge in [0.2, 0.25) is 0 Å². The van der Waals surface area contributed by atoms with Gasteiger partial charge >= 0.3 is 0 Å². The molecule has 1 aliphatic carbocycles. The van der Waals surface area contributed by atoms with Gasteiger partial charge in [0.05, 0.1) is 0 Å². The highest BCUT2D eigenvalue weighted by molar-refractivity contribution is 4.77. The highest BCUT2D eigenvalue weighted by Crippen LogP contribution is 2.38. The van der Waals surface area contributed by atoms with Gasteiger partial charge in [0.1, 0.15) is 0 Å². The highest BCUT2D eigenvalue weighted by atomic mass is 14.3. The molecule has 0 nitrogen and oxygen atoms in total. The fourth-order valence-corrected chi connectivity index (χ4v) is 0.884. The SMILES string of the molecule is CC1(C)CCC1. The van der Waals surface area contributed by atoms with Crippen molar-refractivity contribution in [1.82, 2.24) is 0 Å². The lowest BCUT2D eigenvalue weighted by molar-refractivity contribution is 0.190. The molecule has 1 fully saturated rings. The summed E-state index contributed by atoms with van der Waals surface area (Å²) in [5.41, 5.74) is 0.722. The van der Waals surface area contributed by atoms with E-state index in [4.69, 9.17) is 0 Å². The molecule has 36 valence electrons. The van der Waals surface area contributed by atoms with Crippen LogP contribution in [0.2, 0.25) is 0 Å². The first-order valence-corrected chi connectivity index (χ1v) is 2.71. The molecule has 0 heteroatoms. The molecule has 1 aliphatic rings. The van der Waals surface area contributed by atoms with Crippen LogP contribution in [-0.4, -0.2) is 0 Å². The van der Waals surface area contributed by atoms with Crippen LogP contribution in [-0.2, 0) is 0 Å². The van der Waals surface area contributed by atoms with Crippen LogP contribution in [0.15, 0.2) is 0 Å². The topological polar surface area (TPSA) is 0 Å². The normalized spacial score (nSPS) is 29.0. The molecule has 0 unspecified atom stereocenters. The molecule has 0 atom stereocenters. The maximum absolute atomic E-state index is 2.33. The van der Waals surface area contributed by atoms with Crippen molar-refractivity contribution in [3.05, 3.63) is 0 Å². The molecule has 0 aliphatic heterocycles. The van der Waals surface area contributed by atoms with E-state index >= 15 is 0 Å². The summed E-state index contributed by atoms with van der Waals surface area (Å²) in [7, 11) is 0. The van der Waals surface area contributed by atoms with Crippen molar-refractivity contribution in [3.8, 4) is 0 Å². The van der Waals surface area contributed by atoms with E-state index in [9.17, 15) is 0 Å². The van der Waals surface area contributed by atoms with Gasteiger partial charge in [0.15, 0.2) is 0 Å². The van der Waals surface area contributed by atoms with Crippen LogP contribution in [0, 0.1) is 5.41 Å². The van der Waals surface area contributed by atoms with E-state index in [1.165, 1.54) is 19.3 Å². The Hall–Kier alpha value is 0. The van der Waals surface area contributed by atoms with Crippen LogP contribution in [0.5, 0.6) is 0 Å². The Bertz CT molecular complexity index is 47.1. The molecule has 0 spiro atoms. The molecule has 0 aromatic carbocycles. The van der Waals surface area contributed by atoms with Gasteiger partial charge in [-0.3, -0.25) is 0 Å². The monoisotopic (exact) mass is 84.1 g/mol. The lowest BCUT2D eigenvalue weighted by atomic mass is 9.72. The first-order valence-electron chi connectivity index (χ1n) is 2.71. The van der Waals surface area contributed by atoms with Crippen molar-refractivity contribution < 1.29 is 0 Å². The zero-order valence-corrected chi connectivity index (χ0v) is 4.62. The predicted octanol–water partition coefficient (Wildman–Crippen LogP) is 2.20. The number of hydrogen-bond donors (Lipinski definition) is 0. The third-order valence-electron chi connectivity index (χ3n) is 1.71. The van der Waals surface area contributed by atoms with Gasteiger partial charge in [-0.25, -0.2) is 0 Å². The smallest absolute Gasteiger partial charge is 0.0354 e. The molecule has 0 N–H and O–H groups in total. The van der Waals surface area contributed by atoms with Gasteiger partial charge in [-0.05, 0) is 18.3 Å². The van der Waals surface area contributed by atoms with Gasteiger partial charge in [-0.2, -0.15) is 0 Å². The molecule has 0 amide bonds. The van der Waals surface area contributed by atoms with Gasteiger partial charge in [0, 0.05) is 0 Å². The Kier molecular flexibility index (Phi) is 0.686. The zero-order valence-electron chi connectivity index (χ0n) is 4.62. The van der Waals surface area contributed by atoms with E-state index in [0.717, 1.165) is 5.41 Å². The molecule has 0 aromatic heterocycles. The van der Waals surface area contributed by atoms with Crippen LogP contribution in [0.1, 0.15) is 33.1 Å². The van der Waals surface area contributed by atoms with Gasteiger partial charge < -0.3 is 0 Å². The minimum atomic E-state index is 0.722. The minimum Gasteiger partial charge on any atom is -0.0599 e. The summed E-state index contributed by atoms with van der Waals surface area (Å²) in [6, 6.07) is 0. The van der Waals surface area contributed by atoms with Crippen molar-refractivity contribution in [2.45, 2.75) is 33.1 Å².